The second-order valence-corrected chi connectivity index (χ2v) is 3.07. The predicted molar refractivity (Wildman–Crippen MR) is 47.2 cm³/mol. The average molecular weight is 168 g/mol. The molecule has 0 atom stereocenters. The smallest absolute Gasteiger partial charge is 0.422 e. The summed E-state index contributed by atoms with van der Waals surface area (Å²) in [5.41, 5.74) is 0.447. The summed E-state index contributed by atoms with van der Waals surface area (Å²) in [7, 11) is -1.44. The maximum atomic E-state index is 8.96. The van der Waals surface area contributed by atoms with Crippen molar-refractivity contribution < 1.29 is 10.0 Å². The first-order valence-corrected chi connectivity index (χ1v) is 3.94. The van der Waals surface area contributed by atoms with Gasteiger partial charge in [0.05, 0.1) is 5.59 Å². The van der Waals surface area contributed by atoms with Crippen molar-refractivity contribution in [3.8, 4) is 0 Å². The van der Waals surface area contributed by atoms with Crippen LogP contribution in [0.25, 0.3) is 0 Å². The van der Waals surface area contributed by atoms with Crippen LogP contribution in [0.3, 0.4) is 0 Å². The standard InChI is InChI=1S/C7H13BN2O2/c1-5(2)10-6(3)9-4-7(10)8(11)12/h4-5,11-12H,1-3H3. The molecular formula is C7H13BN2O2. The molecule has 0 fully saturated rings. The number of hydrogen-bond acceptors (Lipinski definition) is 3. The van der Waals surface area contributed by atoms with Gasteiger partial charge in [0.15, 0.2) is 0 Å². The lowest BCUT2D eigenvalue weighted by atomic mass is 9.86. The van der Waals surface area contributed by atoms with Crippen LogP contribution in [-0.4, -0.2) is 26.7 Å². The van der Waals surface area contributed by atoms with Gasteiger partial charge < -0.3 is 14.6 Å². The molecule has 0 radical (unpaired) electrons. The number of aromatic nitrogens is 2. The summed E-state index contributed by atoms with van der Waals surface area (Å²) in [5.74, 6) is 0.799. The second kappa shape index (κ2) is 3.29. The Morgan fingerprint density at radius 3 is 2.42 bits per heavy atom. The van der Waals surface area contributed by atoms with Gasteiger partial charge in [0, 0.05) is 12.2 Å². The molecule has 0 aliphatic carbocycles. The number of nitrogens with zero attached hydrogens (tertiary/aromatic N) is 2. The summed E-state index contributed by atoms with van der Waals surface area (Å²) in [5, 5.41) is 17.9. The monoisotopic (exact) mass is 168 g/mol. The summed E-state index contributed by atoms with van der Waals surface area (Å²) < 4.78 is 1.80. The number of imidazole rings is 1. The molecule has 0 amide bonds. The van der Waals surface area contributed by atoms with Crippen molar-refractivity contribution in [2.45, 2.75) is 26.8 Å². The van der Waals surface area contributed by atoms with E-state index >= 15 is 0 Å². The maximum Gasteiger partial charge on any atom is 0.507 e. The number of hydrogen-bond donors (Lipinski definition) is 2. The second-order valence-electron chi connectivity index (χ2n) is 3.07. The Bertz CT molecular complexity index is 270. The highest BCUT2D eigenvalue weighted by Gasteiger charge is 2.19. The lowest BCUT2D eigenvalue weighted by Crippen LogP contribution is -2.37. The largest absolute Gasteiger partial charge is 0.507 e. The van der Waals surface area contributed by atoms with Crippen LogP contribution in [0.2, 0.25) is 0 Å². The molecule has 1 aromatic rings. The van der Waals surface area contributed by atoms with E-state index in [0.29, 0.717) is 5.59 Å². The molecule has 1 aromatic heterocycles. The molecule has 1 rings (SSSR count). The minimum Gasteiger partial charge on any atom is -0.422 e. The molecule has 0 aliphatic heterocycles. The van der Waals surface area contributed by atoms with Crippen molar-refractivity contribution in [3.05, 3.63) is 12.0 Å². The average Bonchev–Trinajstić information content (AvgIpc) is 2.30. The molecule has 0 aliphatic rings. The Kier molecular flexibility index (Phi) is 2.54. The van der Waals surface area contributed by atoms with Crippen LogP contribution in [0.5, 0.6) is 0 Å². The summed E-state index contributed by atoms with van der Waals surface area (Å²) in [4.78, 5) is 4.00. The third-order valence-electron chi connectivity index (χ3n) is 1.79. The maximum absolute atomic E-state index is 8.96. The molecule has 12 heavy (non-hydrogen) atoms. The molecule has 2 N–H and O–H groups in total. The molecule has 4 nitrogen and oxygen atoms in total. The zero-order valence-corrected chi connectivity index (χ0v) is 7.52. The topological polar surface area (TPSA) is 58.3 Å². The van der Waals surface area contributed by atoms with E-state index in [-0.39, 0.29) is 6.04 Å². The molecule has 0 saturated heterocycles. The summed E-state index contributed by atoms with van der Waals surface area (Å²) in [6, 6.07) is 0.198. The molecule has 0 unspecified atom stereocenters. The first kappa shape index (κ1) is 9.28. The summed E-state index contributed by atoms with van der Waals surface area (Å²) in [6.45, 7) is 5.78. The Morgan fingerprint density at radius 2 is 2.08 bits per heavy atom. The van der Waals surface area contributed by atoms with E-state index in [0.717, 1.165) is 5.82 Å². The van der Waals surface area contributed by atoms with Crippen LogP contribution < -0.4 is 5.59 Å². The van der Waals surface area contributed by atoms with Crippen LogP contribution in [0, 0.1) is 6.92 Å². The van der Waals surface area contributed by atoms with E-state index in [2.05, 4.69) is 4.98 Å². The SMILES string of the molecule is Cc1ncc(B(O)O)n1C(C)C. The van der Waals surface area contributed by atoms with Crippen molar-refractivity contribution in [1.82, 2.24) is 9.55 Å². The van der Waals surface area contributed by atoms with Crippen molar-refractivity contribution in [2.24, 2.45) is 0 Å². The highest BCUT2D eigenvalue weighted by molar-refractivity contribution is 6.57. The van der Waals surface area contributed by atoms with Gasteiger partial charge in [-0.2, -0.15) is 0 Å². The van der Waals surface area contributed by atoms with E-state index in [1.807, 2.05) is 20.8 Å². The lowest BCUT2D eigenvalue weighted by molar-refractivity contribution is 0.419. The minimum atomic E-state index is -1.44. The van der Waals surface area contributed by atoms with E-state index in [9.17, 15) is 0 Å². The van der Waals surface area contributed by atoms with Gasteiger partial charge in [-0.1, -0.05) is 0 Å². The zero-order valence-electron chi connectivity index (χ0n) is 7.52. The van der Waals surface area contributed by atoms with Gasteiger partial charge in [0.1, 0.15) is 5.82 Å². The predicted octanol–water partition coefficient (Wildman–Crippen LogP) is -0.548. The van der Waals surface area contributed by atoms with Crippen molar-refractivity contribution >= 4 is 12.7 Å². The number of aryl methyl sites for hydroxylation is 1. The van der Waals surface area contributed by atoms with Gasteiger partial charge in [-0.05, 0) is 20.8 Å². The van der Waals surface area contributed by atoms with Crippen LogP contribution in [0.15, 0.2) is 6.20 Å². The quantitative estimate of drug-likeness (QED) is 0.582. The van der Waals surface area contributed by atoms with E-state index in [1.54, 1.807) is 4.57 Å². The van der Waals surface area contributed by atoms with E-state index in [4.69, 9.17) is 10.0 Å². The highest BCUT2D eigenvalue weighted by atomic mass is 16.4. The minimum absolute atomic E-state index is 0.198. The lowest BCUT2D eigenvalue weighted by Gasteiger charge is -2.13. The van der Waals surface area contributed by atoms with Gasteiger partial charge in [0.2, 0.25) is 0 Å². The Morgan fingerprint density at radius 1 is 1.50 bits per heavy atom. The van der Waals surface area contributed by atoms with Gasteiger partial charge in [-0.3, -0.25) is 0 Å². The van der Waals surface area contributed by atoms with Gasteiger partial charge in [-0.25, -0.2) is 4.98 Å². The summed E-state index contributed by atoms with van der Waals surface area (Å²) >= 11 is 0. The van der Waals surface area contributed by atoms with E-state index < -0.39 is 7.12 Å². The van der Waals surface area contributed by atoms with E-state index in [1.165, 1.54) is 6.20 Å². The van der Waals surface area contributed by atoms with Crippen molar-refractivity contribution in [3.63, 3.8) is 0 Å². The molecule has 0 bridgehead atoms. The fraction of sp³-hybridized carbons (Fsp3) is 0.571. The van der Waals surface area contributed by atoms with Crippen molar-refractivity contribution in [1.29, 1.82) is 0 Å². The van der Waals surface area contributed by atoms with Crippen LogP contribution in [-0.2, 0) is 0 Å². The Hall–Kier alpha value is -0.805. The Balaban J connectivity index is 3.12. The fourth-order valence-corrected chi connectivity index (χ4v) is 1.33. The van der Waals surface area contributed by atoms with Crippen molar-refractivity contribution in [2.75, 3.05) is 0 Å². The molecule has 66 valence electrons. The molecule has 1 heterocycles. The Labute approximate surface area is 72.0 Å². The third kappa shape index (κ3) is 1.51. The van der Waals surface area contributed by atoms with Gasteiger partial charge in [-0.15, -0.1) is 0 Å². The van der Waals surface area contributed by atoms with Gasteiger partial charge >= 0.3 is 7.12 Å². The first-order chi connectivity index (χ1) is 5.54. The third-order valence-corrected chi connectivity index (χ3v) is 1.79. The van der Waals surface area contributed by atoms with Crippen LogP contribution >= 0.6 is 0 Å². The molecule has 0 aromatic carbocycles. The molecule has 5 heteroatoms. The summed E-state index contributed by atoms with van der Waals surface area (Å²) in [6.07, 6.45) is 1.49. The fourth-order valence-electron chi connectivity index (χ4n) is 1.33. The zero-order chi connectivity index (χ0) is 9.30. The highest BCUT2D eigenvalue weighted by Crippen LogP contribution is 2.04. The van der Waals surface area contributed by atoms with Crippen LogP contribution in [0.4, 0.5) is 0 Å². The molecule has 0 spiro atoms. The first-order valence-electron chi connectivity index (χ1n) is 3.94. The van der Waals surface area contributed by atoms with Gasteiger partial charge in [0.25, 0.3) is 0 Å². The molecular weight excluding hydrogens is 155 g/mol. The number of rotatable bonds is 2. The molecule has 0 saturated carbocycles. The normalized spacial score (nSPS) is 10.8. The van der Waals surface area contributed by atoms with Crippen LogP contribution in [0.1, 0.15) is 25.7 Å².